The lowest BCUT2D eigenvalue weighted by Gasteiger charge is -2.30. The van der Waals surface area contributed by atoms with Gasteiger partial charge < -0.3 is 31.5 Å². The van der Waals surface area contributed by atoms with Gasteiger partial charge in [-0.25, -0.2) is 9.97 Å². The average molecular weight is 785 g/mol. The van der Waals surface area contributed by atoms with E-state index >= 15 is 0 Å². The van der Waals surface area contributed by atoms with Crippen molar-refractivity contribution in [3.63, 3.8) is 0 Å². The lowest BCUT2D eigenvalue weighted by molar-refractivity contribution is -0.132. The van der Waals surface area contributed by atoms with Crippen LogP contribution in [0.5, 0.6) is 0 Å². The molecule has 6 amide bonds. The normalized spacial score (nSPS) is 22.6. The third kappa shape index (κ3) is 11.8. The highest BCUT2D eigenvalue weighted by molar-refractivity contribution is 7.98. The fraction of sp³-hybridized carbons (Fsp3) is 0.500. The highest BCUT2D eigenvalue weighted by atomic mass is 32.2. The number of thiazole rings is 2. The Hall–Kier alpha value is -4.35. The number of rotatable bonds is 8. The highest BCUT2D eigenvalue weighted by Crippen LogP contribution is 2.25. The van der Waals surface area contributed by atoms with Gasteiger partial charge in [-0.05, 0) is 56.6 Å². The monoisotopic (exact) mass is 784 g/mol. The molecule has 5 N–H and O–H groups in total. The van der Waals surface area contributed by atoms with Crippen molar-refractivity contribution in [3.05, 3.63) is 68.1 Å². The standard InChI is InChI=1S/C36H48N8O6S3/c1-7-25-32(47)41-26(13-14-51-6)33(48)39-24(15-23-11-9-8-10-12-23)16-44(36(50)28-19-52-22(5)38-28)17-29(45)43-30(20(2)3)35-42-27(18-53-35)34(49)37-21(4)31(46)40-25/h8-12,18-21,24-26,30H,7,13-17H2,1-6H3,(H,37,49)(H,39,48)(H,40,46)(H,41,47)(H,43,45)/t21-,24+,25+,26+,30+/m1/s1. The van der Waals surface area contributed by atoms with E-state index in [9.17, 15) is 28.8 Å². The van der Waals surface area contributed by atoms with Crippen LogP contribution in [0.3, 0.4) is 0 Å². The average Bonchev–Trinajstić information content (AvgIpc) is 3.80. The molecule has 0 spiro atoms. The molecule has 1 aliphatic rings. The summed E-state index contributed by atoms with van der Waals surface area (Å²) in [6, 6.07) is 5.22. The van der Waals surface area contributed by atoms with E-state index in [1.807, 2.05) is 50.4 Å². The molecule has 286 valence electrons. The maximum absolute atomic E-state index is 14.1. The minimum Gasteiger partial charge on any atom is -0.349 e. The van der Waals surface area contributed by atoms with E-state index in [2.05, 4.69) is 36.6 Å². The molecule has 4 rings (SSSR count). The number of benzene rings is 1. The van der Waals surface area contributed by atoms with E-state index in [1.165, 1.54) is 46.3 Å². The second-order valence-corrected chi connectivity index (χ2v) is 16.1. The molecule has 0 unspecified atom stereocenters. The molecular weight excluding hydrogens is 737 g/mol. The van der Waals surface area contributed by atoms with Crippen LogP contribution in [-0.2, 0) is 25.6 Å². The summed E-state index contributed by atoms with van der Waals surface area (Å²) < 4.78 is 0. The van der Waals surface area contributed by atoms with Gasteiger partial charge in [-0.15, -0.1) is 22.7 Å². The molecule has 5 atom stereocenters. The van der Waals surface area contributed by atoms with Crippen molar-refractivity contribution in [2.75, 3.05) is 25.1 Å². The predicted molar refractivity (Wildman–Crippen MR) is 207 cm³/mol. The maximum atomic E-state index is 14.1. The quantitative estimate of drug-likeness (QED) is 0.229. The highest BCUT2D eigenvalue weighted by Gasteiger charge is 2.32. The predicted octanol–water partition coefficient (Wildman–Crippen LogP) is 2.86. The number of aryl methyl sites for hydroxylation is 1. The van der Waals surface area contributed by atoms with Crippen LogP contribution >= 0.6 is 34.4 Å². The first-order valence-corrected chi connectivity index (χ1v) is 20.7. The van der Waals surface area contributed by atoms with Crippen molar-refractivity contribution in [2.24, 2.45) is 5.92 Å². The van der Waals surface area contributed by atoms with Crippen LogP contribution in [0, 0.1) is 12.8 Å². The van der Waals surface area contributed by atoms with Crippen molar-refractivity contribution in [3.8, 4) is 0 Å². The molecule has 0 radical (unpaired) electrons. The van der Waals surface area contributed by atoms with Gasteiger partial charge in [0.05, 0.1) is 23.6 Å². The zero-order chi connectivity index (χ0) is 38.7. The topological polar surface area (TPSA) is 192 Å². The Balaban J connectivity index is 1.76. The molecule has 1 aromatic carbocycles. The van der Waals surface area contributed by atoms with Crippen LogP contribution in [0.15, 0.2) is 41.1 Å². The molecule has 17 heteroatoms. The van der Waals surface area contributed by atoms with E-state index in [1.54, 1.807) is 24.6 Å². The minimum atomic E-state index is -1.01. The number of fused-ring (bicyclic) bond motifs is 2. The summed E-state index contributed by atoms with van der Waals surface area (Å²) in [5.74, 6) is -2.74. The lowest BCUT2D eigenvalue weighted by Crippen LogP contribution is -2.58. The summed E-state index contributed by atoms with van der Waals surface area (Å²) in [5.41, 5.74) is 1.14. The van der Waals surface area contributed by atoms with E-state index in [-0.39, 0.29) is 36.8 Å². The molecule has 0 aliphatic carbocycles. The Labute approximate surface area is 322 Å². The molecular formula is C36H48N8O6S3. The largest absolute Gasteiger partial charge is 0.349 e. The van der Waals surface area contributed by atoms with Gasteiger partial charge in [0.1, 0.15) is 34.5 Å². The second kappa shape index (κ2) is 19.6. The molecule has 53 heavy (non-hydrogen) atoms. The zero-order valence-corrected chi connectivity index (χ0v) is 33.2. The Morgan fingerprint density at radius 1 is 0.925 bits per heavy atom. The van der Waals surface area contributed by atoms with E-state index in [4.69, 9.17) is 0 Å². The number of carbonyl (C=O) groups is 6. The van der Waals surface area contributed by atoms with Crippen LogP contribution < -0.4 is 26.6 Å². The van der Waals surface area contributed by atoms with Gasteiger partial charge in [-0.1, -0.05) is 51.1 Å². The van der Waals surface area contributed by atoms with Gasteiger partial charge in [0.15, 0.2) is 0 Å². The third-order valence-electron chi connectivity index (χ3n) is 8.60. The SMILES string of the molecule is CC[C@@H]1NC(=O)[C@@H](C)NC(=O)c2csc(n2)[C@H](C(C)C)NC(=O)CN(C(=O)c2csc(C)n2)C[C@H](Cc2ccccc2)NC(=O)[C@H](CCSC)NC1=O. The van der Waals surface area contributed by atoms with Crippen molar-refractivity contribution < 1.29 is 28.8 Å². The molecule has 2 bridgehead atoms. The van der Waals surface area contributed by atoms with Crippen LogP contribution in [0.4, 0.5) is 0 Å². The van der Waals surface area contributed by atoms with Crippen molar-refractivity contribution in [1.82, 2.24) is 41.5 Å². The van der Waals surface area contributed by atoms with Gasteiger partial charge >= 0.3 is 0 Å². The van der Waals surface area contributed by atoms with Crippen molar-refractivity contribution >= 4 is 69.9 Å². The first-order chi connectivity index (χ1) is 25.3. The number of nitrogens with zero attached hydrogens (tertiary/aromatic N) is 3. The van der Waals surface area contributed by atoms with E-state index in [0.717, 1.165) is 5.56 Å². The summed E-state index contributed by atoms with van der Waals surface area (Å²) in [7, 11) is 0. The van der Waals surface area contributed by atoms with Crippen molar-refractivity contribution in [2.45, 2.75) is 84.1 Å². The van der Waals surface area contributed by atoms with Crippen LogP contribution in [-0.4, -0.2) is 99.6 Å². The molecule has 3 heterocycles. The lowest BCUT2D eigenvalue weighted by atomic mass is 10.0. The fourth-order valence-electron chi connectivity index (χ4n) is 5.67. The van der Waals surface area contributed by atoms with E-state index in [0.29, 0.717) is 28.6 Å². The Kier molecular flexibility index (Phi) is 15.3. The van der Waals surface area contributed by atoms with Gasteiger partial charge in [0.25, 0.3) is 11.8 Å². The van der Waals surface area contributed by atoms with E-state index < -0.39 is 65.7 Å². The number of amides is 6. The first-order valence-electron chi connectivity index (χ1n) is 17.5. The Bertz CT molecular complexity index is 1750. The molecule has 2 aromatic heterocycles. The maximum Gasteiger partial charge on any atom is 0.273 e. The Morgan fingerprint density at radius 2 is 1.62 bits per heavy atom. The molecule has 0 fully saturated rings. The number of thioether (sulfide) groups is 1. The number of hydrogen-bond acceptors (Lipinski definition) is 11. The second-order valence-electron chi connectivity index (χ2n) is 13.2. The summed E-state index contributed by atoms with van der Waals surface area (Å²) in [4.78, 5) is 92.0. The number of aromatic nitrogens is 2. The number of carbonyl (C=O) groups excluding carboxylic acids is 6. The summed E-state index contributed by atoms with van der Waals surface area (Å²) >= 11 is 4.01. The zero-order valence-electron chi connectivity index (χ0n) is 30.8. The first kappa shape index (κ1) is 41.4. The fourth-order valence-corrected chi connectivity index (χ4v) is 7.75. The third-order valence-corrected chi connectivity index (χ3v) is 10.9. The summed E-state index contributed by atoms with van der Waals surface area (Å²) in [6.45, 7) is 8.42. The van der Waals surface area contributed by atoms with Gasteiger partial charge in [-0.3, -0.25) is 28.8 Å². The van der Waals surface area contributed by atoms with Gasteiger partial charge in [-0.2, -0.15) is 11.8 Å². The minimum absolute atomic E-state index is 0.0495. The number of nitrogens with one attached hydrogen (secondary N) is 5. The van der Waals surface area contributed by atoms with Crippen LogP contribution in [0.1, 0.15) is 83.1 Å². The van der Waals surface area contributed by atoms with Gasteiger partial charge in [0, 0.05) is 17.3 Å². The molecule has 1 aliphatic heterocycles. The summed E-state index contributed by atoms with van der Waals surface area (Å²) in [6.07, 6.45) is 2.73. The van der Waals surface area contributed by atoms with Crippen LogP contribution in [0.2, 0.25) is 0 Å². The molecule has 3 aromatic rings. The number of hydrogen-bond donors (Lipinski definition) is 5. The summed E-state index contributed by atoms with van der Waals surface area (Å²) in [5, 5.41) is 18.6. The van der Waals surface area contributed by atoms with Crippen LogP contribution in [0.25, 0.3) is 0 Å². The molecule has 14 nitrogen and oxygen atoms in total. The molecule has 0 saturated heterocycles. The van der Waals surface area contributed by atoms with Crippen molar-refractivity contribution in [1.29, 1.82) is 0 Å². The smallest absolute Gasteiger partial charge is 0.273 e. The Morgan fingerprint density at radius 3 is 2.26 bits per heavy atom. The van der Waals surface area contributed by atoms with Gasteiger partial charge in [0.2, 0.25) is 23.6 Å². The molecule has 0 saturated carbocycles.